The van der Waals surface area contributed by atoms with E-state index in [1.165, 1.54) is 47.9 Å². The number of nitrogens with one attached hydrogen (secondary N) is 1. The second kappa shape index (κ2) is 8.78. The van der Waals surface area contributed by atoms with Crippen LogP contribution in [0.15, 0.2) is 54.3 Å². The molecular weight excluding hydrogens is 463 g/mol. The first kappa shape index (κ1) is 22.1. The van der Waals surface area contributed by atoms with Gasteiger partial charge in [0.05, 0.1) is 53.3 Å². The summed E-state index contributed by atoms with van der Waals surface area (Å²) in [6.07, 6.45) is 2.52. The summed E-state index contributed by atoms with van der Waals surface area (Å²) in [5.41, 5.74) is -1.43. The largest absolute Gasteiger partial charge is 0.434 e. The fourth-order valence-corrected chi connectivity index (χ4v) is 3.22. The number of halogens is 4. The molecule has 4 heterocycles. The third-order valence-corrected chi connectivity index (χ3v) is 4.64. The average molecular weight is 476 g/mol. The zero-order valence-electron chi connectivity index (χ0n) is 16.5. The minimum atomic E-state index is -4.90. The van der Waals surface area contributed by atoms with Crippen LogP contribution in [-0.4, -0.2) is 47.4 Å². The van der Waals surface area contributed by atoms with Crippen molar-refractivity contribution in [3.05, 3.63) is 71.2 Å². The van der Waals surface area contributed by atoms with Crippen molar-refractivity contribution < 1.29 is 18.0 Å². The predicted molar refractivity (Wildman–Crippen MR) is 112 cm³/mol. The highest BCUT2D eigenvalue weighted by molar-refractivity contribution is 6.32. The van der Waals surface area contributed by atoms with Gasteiger partial charge in [-0.2, -0.15) is 28.5 Å². The smallest absolute Gasteiger partial charge is 0.320 e. The van der Waals surface area contributed by atoms with Gasteiger partial charge in [0, 0.05) is 18.0 Å². The first-order valence-corrected chi connectivity index (χ1v) is 9.52. The Morgan fingerprint density at radius 3 is 2.58 bits per heavy atom. The number of amides is 1. The minimum absolute atomic E-state index is 0.0633. The maximum absolute atomic E-state index is 13.9. The molecule has 0 fully saturated rings. The number of hydrogen-bond acceptors (Lipinski definition) is 7. The summed E-state index contributed by atoms with van der Waals surface area (Å²) in [7, 11) is 0. The number of alkyl halides is 3. The number of carbonyl (C=O) groups is 1. The van der Waals surface area contributed by atoms with Crippen molar-refractivity contribution in [3.8, 4) is 11.5 Å². The molecule has 0 spiro atoms. The van der Waals surface area contributed by atoms with Crippen molar-refractivity contribution in [2.75, 3.05) is 5.32 Å². The van der Waals surface area contributed by atoms with Gasteiger partial charge < -0.3 is 5.32 Å². The second-order valence-corrected chi connectivity index (χ2v) is 6.91. The van der Waals surface area contributed by atoms with Crippen LogP contribution in [0.1, 0.15) is 21.6 Å². The summed E-state index contributed by atoms with van der Waals surface area (Å²) in [5.74, 6) is -0.704. The van der Waals surface area contributed by atoms with E-state index < -0.39 is 23.3 Å². The van der Waals surface area contributed by atoms with Crippen molar-refractivity contribution in [2.24, 2.45) is 4.99 Å². The third kappa shape index (κ3) is 4.43. The molecule has 4 aromatic heterocycles. The molecule has 1 amide bonds. The van der Waals surface area contributed by atoms with Gasteiger partial charge in [0.1, 0.15) is 0 Å². The Bertz CT molecular complexity index is 1320. The molecule has 4 aromatic rings. The van der Waals surface area contributed by atoms with E-state index in [1.807, 2.05) is 0 Å². The van der Waals surface area contributed by atoms with Gasteiger partial charge in [0.15, 0.2) is 11.5 Å². The van der Waals surface area contributed by atoms with Crippen LogP contribution in [0.5, 0.6) is 0 Å². The van der Waals surface area contributed by atoms with Crippen molar-refractivity contribution in [1.29, 1.82) is 0 Å². The first-order chi connectivity index (χ1) is 15.8. The Hall–Kier alpha value is -4.13. The molecule has 4 rings (SSSR count). The van der Waals surface area contributed by atoms with Crippen LogP contribution in [0.3, 0.4) is 0 Å². The van der Waals surface area contributed by atoms with E-state index in [-0.39, 0.29) is 22.9 Å². The molecule has 0 aliphatic heterocycles. The van der Waals surface area contributed by atoms with Crippen molar-refractivity contribution in [1.82, 2.24) is 34.7 Å². The molecule has 0 aromatic carbocycles. The minimum Gasteiger partial charge on any atom is -0.320 e. The molecule has 0 saturated heterocycles. The predicted octanol–water partition coefficient (Wildman–Crippen LogP) is 3.37. The summed E-state index contributed by atoms with van der Waals surface area (Å²) in [5, 5.41) is 14.1. The molecule has 168 valence electrons. The van der Waals surface area contributed by atoms with Crippen LogP contribution in [0, 0.1) is 0 Å². The molecule has 1 N–H and O–H groups in total. The fraction of sp³-hybridized carbons (Fsp3) is 0.105. The van der Waals surface area contributed by atoms with Gasteiger partial charge in [-0.25, -0.2) is 9.67 Å². The van der Waals surface area contributed by atoms with Gasteiger partial charge in [-0.3, -0.25) is 14.8 Å². The number of hydrogen-bond donors (Lipinski definition) is 1. The zero-order valence-corrected chi connectivity index (χ0v) is 17.3. The molecule has 10 nitrogen and oxygen atoms in total. The van der Waals surface area contributed by atoms with Crippen LogP contribution >= 0.6 is 11.6 Å². The lowest BCUT2D eigenvalue weighted by Gasteiger charge is -2.14. The Morgan fingerprint density at radius 2 is 1.91 bits per heavy atom. The average Bonchev–Trinajstić information content (AvgIpc) is 3.45. The van der Waals surface area contributed by atoms with Gasteiger partial charge in [-0.1, -0.05) is 11.6 Å². The molecule has 0 bridgehead atoms. The lowest BCUT2D eigenvalue weighted by molar-refractivity contribution is -0.143. The highest BCUT2D eigenvalue weighted by Crippen LogP contribution is 2.35. The normalized spacial score (nSPS) is 11.4. The number of rotatable bonds is 6. The SMILES string of the molecule is C=NCc1cc(NC(=O)c2cnn(-c3ccncc3Cl)c2C(F)(F)F)cnc1-n1nccn1. The quantitative estimate of drug-likeness (QED) is 0.427. The summed E-state index contributed by atoms with van der Waals surface area (Å²) >= 11 is 5.98. The summed E-state index contributed by atoms with van der Waals surface area (Å²) < 4.78 is 42.2. The number of pyridine rings is 2. The highest BCUT2D eigenvalue weighted by atomic mass is 35.5. The van der Waals surface area contributed by atoms with Crippen molar-refractivity contribution >= 4 is 29.9 Å². The van der Waals surface area contributed by atoms with Crippen LogP contribution in [0.25, 0.3) is 11.5 Å². The standard InChI is InChI=1S/C19H13ClF3N9O/c1-24-7-11-6-12(8-26-17(11)32-27-4-5-28-32)30-18(33)13-9-29-31(16(13)19(21,22)23)15-2-3-25-10-14(15)20/h2-6,8-10H,1,7H2,(H,30,33). The monoisotopic (exact) mass is 475 g/mol. The van der Waals surface area contributed by atoms with Crippen LogP contribution in [-0.2, 0) is 12.7 Å². The topological polar surface area (TPSA) is 116 Å². The number of carbonyl (C=O) groups excluding carboxylic acids is 1. The molecule has 0 aliphatic rings. The number of anilines is 1. The van der Waals surface area contributed by atoms with Gasteiger partial charge in [0.2, 0.25) is 0 Å². The van der Waals surface area contributed by atoms with E-state index in [0.29, 0.717) is 16.1 Å². The Labute approximate surface area is 188 Å². The Morgan fingerprint density at radius 1 is 1.15 bits per heavy atom. The number of aliphatic imine (C=N–C) groups is 1. The fourth-order valence-electron chi connectivity index (χ4n) is 3.02. The van der Waals surface area contributed by atoms with E-state index >= 15 is 0 Å². The maximum atomic E-state index is 13.9. The lowest BCUT2D eigenvalue weighted by atomic mass is 10.2. The van der Waals surface area contributed by atoms with E-state index in [9.17, 15) is 18.0 Å². The number of aromatic nitrogens is 7. The van der Waals surface area contributed by atoms with Crippen molar-refractivity contribution in [3.63, 3.8) is 0 Å². The molecule has 0 unspecified atom stereocenters. The summed E-state index contributed by atoms with van der Waals surface area (Å²) in [4.78, 5) is 25.8. The Balaban J connectivity index is 1.70. The molecule has 0 radical (unpaired) electrons. The van der Waals surface area contributed by atoms with E-state index in [0.717, 1.165) is 6.20 Å². The van der Waals surface area contributed by atoms with Gasteiger partial charge in [-0.15, -0.1) is 4.80 Å². The molecule has 0 saturated carbocycles. The van der Waals surface area contributed by atoms with Gasteiger partial charge in [-0.05, 0) is 18.9 Å². The zero-order chi connectivity index (χ0) is 23.6. The highest BCUT2D eigenvalue weighted by Gasteiger charge is 2.41. The number of nitrogens with zero attached hydrogens (tertiary/aromatic N) is 8. The third-order valence-electron chi connectivity index (χ3n) is 4.35. The lowest BCUT2D eigenvalue weighted by Crippen LogP contribution is -2.21. The van der Waals surface area contributed by atoms with Gasteiger partial charge in [0.25, 0.3) is 5.91 Å². The molecular formula is C19H13ClF3N9O. The summed E-state index contributed by atoms with van der Waals surface area (Å²) in [6, 6.07) is 2.75. The molecule has 0 atom stereocenters. The van der Waals surface area contributed by atoms with Crippen LogP contribution in [0.4, 0.5) is 18.9 Å². The van der Waals surface area contributed by atoms with E-state index in [1.54, 1.807) is 0 Å². The van der Waals surface area contributed by atoms with E-state index in [4.69, 9.17) is 11.6 Å². The molecule has 0 aliphatic carbocycles. The molecule has 14 heteroatoms. The van der Waals surface area contributed by atoms with E-state index in [2.05, 4.69) is 42.3 Å². The van der Waals surface area contributed by atoms with Crippen molar-refractivity contribution in [2.45, 2.75) is 12.7 Å². The second-order valence-electron chi connectivity index (χ2n) is 6.50. The summed E-state index contributed by atoms with van der Waals surface area (Å²) in [6.45, 7) is 3.54. The first-order valence-electron chi connectivity index (χ1n) is 9.14. The van der Waals surface area contributed by atoms with Gasteiger partial charge >= 0.3 is 6.18 Å². The molecule has 33 heavy (non-hydrogen) atoms. The van der Waals surface area contributed by atoms with Crippen LogP contribution < -0.4 is 5.32 Å². The Kier molecular flexibility index (Phi) is 5.87. The maximum Gasteiger partial charge on any atom is 0.434 e. The van der Waals surface area contributed by atoms with Crippen LogP contribution in [0.2, 0.25) is 5.02 Å².